The fourth-order valence-corrected chi connectivity index (χ4v) is 4.48. The van der Waals surface area contributed by atoms with Crippen LogP contribution in [0.15, 0.2) is 121 Å². The van der Waals surface area contributed by atoms with Gasteiger partial charge in [0.15, 0.2) is 6.10 Å². The lowest BCUT2D eigenvalue weighted by Crippen LogP contribution is -2.62. The number of hydrogen-bond donors (Lipinski definition) is 1. The summed E-state index contributed by atoms with van der Waals surface area (Å²) in [5.41, 5.74) is 0.734. The summed E-state index contributed by atoms with van der Waals surface area (Å²) in [5, 5.41) is 11.4. The molecule has 0 aliphatic carbocycles. The van der Waals surface area contributed by atoms with Crippen LogP contribution in [0.4, 0.5) is 0 Å². The van der Waals surface area contributed by atoms with Gasteiger partial charge in [-0.1, -0.05) is 72.8 Å². The number of benzene rings is 4. The smallest absolute Gasteiger partial charge is 0.340 e. The third kappa shape index (κ3) is 7.35. The molecule has 10 heteroatoms. The van der Waals surface area contributed by atoms with E-state index in [0.29, 0.717) is 0 Å². The Morgan fingerprint density at radius 1 is 0.523 bits per heavy atom. The molecule has 4 aromatic carbocycles. The lowest BCUT2D eigenvalue weighted by Gasteiger charge is -2.42. The monoisotopic (exact) mass is 596 g/mol. The van der Waals surface area contributed by atoms with Crippen molar-refractivity contribution < 1.29 is 48.0 Å². The normalized spacial score (nSPS) is 21.0. The highest BCUT2D eigenvalue weighted by Crippen LogP contribution is 2.30. The minimum Gasteiger partial charge on any atom is -0.459 e. The van der Waals surface area contributed by atoms with Crippen LogP contribution >= 0.6 is 0 Å². The summed E-state index contributed by atoms with van der Waals surface area (Å²) >= 11 is 0. The van der Waals surface area contributed by atoms with E-state index in [0.717, 1.165) is 0 Å². The molecule has 0 saturated carbocycles. The van der Waals surface area contributed by atoms with E-state index in [1.807, 2.05) is 0 Å². The van der Waals surface area contributed by atoms with E-state index in [9.17, 15) is 24.3 Å². The number of esters is 4. The Labute approximate surface area is 252 Å². The van der Waals surface area contributed by atoms with E-state index in [-0.39, 0.29) is 22.3 Å². The zero-order valence-corrected chi connectivity index (χ0v) is 23.3. The first-order valence-corrected chi connectivity index (χ1v) is 13.7. The Morgan fingerprint density at radius 2 is 0.886 bits per heavy atom. The first kappa shape index (κ1) is 30.1. The van der Waals surface area contributed by atoms with Crippen molar-refractivity contribution in [3.05, 3.63) is 144 Å². The summed E-state index contributed by atoms with van der Waals surface area (Å²) in [7, 11) is 0. The molecule has 1 N–H and O–H groups in total. The topological polar surface area (TPSA) is 135 Å². The SMILES string of the molecule is O=C(OC[C@H]1O[C@H](OC(=O)c2ccccc2)[C@@H](OC(=O)c2ccccc2)[C@@H](OC(=O)c2ccccc2)[C@@H]1O)c1ccccc1. The van der Waals surface area contributed by atoms with Crippen LogP contribution in [0.2, 0.25) is 0 Å². The first-order valence-electron chi connectivity index (χ1n) is 13.7. The third-order valence-electron chi connectivity index (χ3n) is 6.74. The van der Waals surface area contributed by atoms with Gasteiger partial charge in [0.05, 0.1) is 22.3 Å². The zero-order valence-electron chi connectivity index (χ0n) is 23.3. The predicted octanol–water partition coefficient (Wildman–Crippen LogP) is 4.24. The number of ether oxygens (including phenoxy) is 5. The number of aliphatic hydroxyl groups is 1. The molecule has 0 aromatic heterocycles. The van der Waals surface area contributed by atoms with Gasteiger partial charge in [0.25, 0.3) is 0 Å². The van der Waals surface area contributed by atoms with Gasteiger partial charge in [-0.3, -0.25) is 0 Å². The summed E-state index contributed by atoms with van der Waals surface area (Å²) < 4.78 is 28.3. The Hall–Kier alpha value is -5.32. The lowest BCUT2D eigenvalue weighted by atomic mass is 9.98. The molecule has 5 atom stereocenters. The van der Waals surface area contributed by atoms with Gasteiger partial charge in [-0.05, 0) is 48.5 Å². The van der Waals surface area contributed by atoms with Gasteiger partial charge >= 0.3 is 23.9 Å². The van der Waals surface area contributed by atoms with Crippen LogP contribution in [-0.4, -0.2) is 66.3 Å². The van der Waals surface area contributed by atoms with Crippen LogP contribution in [0.5, 0.6) is 0 Å². The standard InChI is InChI=1S/C34H28O10/c35-27-26(21-40-30(36)22-13-5-1-6-14-22)41-34(44-33(39)25-19-11-4-12-20-25)29(43-32(38)24-17-9-3-10-18-24)28(27)42-31(37)23-15-7-2-8-16-23/h1-20,26-29,34-35H,21H2/t26-,27-,28+,29+,34-/m1/s1. The van der Waals surface area contributed by atoms with E-state index >= 15 is 0 Å². The fourth-order valence-electron chi connectivity index (χ4n) is 4.48. The van der Waals surface area contributed by atoms with Crippen molar-refractivity contribution in [3.8, 4) is 0 Å². The van der Waals surface area contributed by atoms with Gasteiger partial charge in [0.2, 0.25) is 12.4 Å². The Morgan fingerprint density at radius 3 is 1.32 bits per heavy atom. The maximum absolute atomic E-state index is 13.2. The molecule has 0 amide bonds. The molecule has 10 nitrogen and oxygen atoms in total. The van der Waals surface area contributed by atoms with Crippen molar-refractivity contribution in [2.45, 2.75) is 30.7 Å². The van der Waals surface area contributed by atoms with Crippen LogP contribution in [0.3, 0.4) is 0 Å². The molecule has 0 bridgehead atoms. The number of rotatable bonds is 9. The Bertz CT molecular complexity index is 1560. The van der Waals surface area contributed by atoms with E-state index in [2.05, 4.69) is 0 Å². The van der Waals surface area contributed by atoms with Gasteiger partial charge in [0, 0.05) is 0 Å². The average molecular weight is 597 g/mol. The molecule has 5 rings (SSSR count). The second-order valence-corrected chi connectivity index (χ2v) is 9.74. The maximum atomic E-state index is 13.2. The van der Waals surface area contributed by atoms with Crippen molar-refractivity contribution in [2.24, 2.45) is 0 Å². The van der Waals surface area contributed by atoms with Crippen molar-refractivity contribution >= 4 is 23.9 Å². The highest BCUT2D eigenvalue weighted by molar-refractivity contribution is 5.91. The van der Waals surface area contributed by atoms with E-state index in [1.54, 1.807) is 84.9 Å². The van der Waals surface area contributed by atoms with Crippen molar-refractivity contribution in [3.63, 3.8) is 0 Å². The second kappa shape index (κ2) is 14.2. The molecule has 4 aromatic rings. The maximum Gasteiger partial charge on any atom is 0.340 e. The van der Waals surface area contributed by atoms with E-state index < -0.39 is 61.2 Å². The van der Waals surface area contributed by atoms with Crippen molar-refractivity contribution in [1.29, 1.82) is 0 Å². The minimum atomic E-state index is -1.67. The van der Waals surface area contributed by atoms with Crippen LogP contribution < -0.4 is 0 Å². The molecule has 44 heavy (non-hydrogen) atoms. The Kier molecular flexibility index (Phi) is 9.75. The number of carbonyl (C=O) groups is 4. The molecular formula is C34H28O10. The van der Waals surface area contributed by atoms with Gasteiger partial charge in [-0.25, -0.2) is 19.2 Å². The predicted molar refractivity (Wildman–Crippen MR) is 155 cm³/mol. The van der Waals surface area contributed by atoms with Gasteiger partial charge in [-0.15, -0.1) is 0 Å². The summed E-state index contributed by atoms with van der Waals surface area (Å²) in [4.78, 5) is 52.1. The van der Waals surface area contributed by atoms with Crippen molar-refractivity contribution in [1.82, 2.24) is 0 Å². The molecule has 0 spiro atoms. The second-order valence-electron chi connectivity index (χ2n) is 9.74. The summed E-state index contributed by atoms with van der Waals surface area (Å²) in [6.07, 6.45) is -7.91. The van der Waals surface area contributed by atoms with Crippen LogP contribution in [0.25, 0.3) is 0 Å². The molecule has 0 radical (unpaired) electrons. The fraction of sp³-hybridized carbons (Fsp3) is 0.176. The molecule has 1 saturated heterocycles. The van der Waals surface area contributed by atoms with Crippen LogP contribution in [0, 0.1) is 0 Å². The number of carbonyl (C=O) groups excluding carboxylic acids is 4. The van der Waals surface area contributed by atoms with Gasteiger partial charge in [0.1, 0.15) is 18.8 Å². The van der Waals surface area contributed by atoms with E-state index in [4.69, 9.17) is 23.7 Å². The van der Waals surface area contributed by atoms with Crippen molar-refractivity contribution in [2.75, 3.05) is 6.61 Å². The molecule has 1 heterocycles. The largest absolute Gasteiger partial charge is 0.459 e. The molecule has 1 aliphatic heterocycles. The van der Waals surface area contributed by atoms with Crippen LogP contribution in [-0.2, 0) is 23.7 Å². The number of aliphatic hydroxyl groups excluding tert-OH is 1. The summed E-state index contributed by atoms with van der Waals surface area (Å²) in [5.74, 6) is -3.22. The molecular weight excluding hydrogens is 568 g/mol. The Balaban J connectivity index is 1.46. The third-order valence-corrected chi connectivity index (χ3v) is 6.74. The van der Waals surface area contributed by atoms with Gasteiger partial charge < -0.3 is 28.8 Å². The molecule has 1 aliphatic rings. The number of hydrogen-bond acceptors (Lipinski definition) is 10. The first-order chi connectivity index (χ1) is 21.4. The summed E-state index contributed by atoms with van der Waals surface area (Å²) in [6, 6.07) is 32.1. The van der Waals surface area contributed by atoms with Gasteiger partial charge in [-0.2, -0.15) is 0 Å². The summed E-state index contributed by atoms with van der Waals surface area (Å²) in [6.45, 7) is -0.507. The molecule has 0 unspecified atom stereocenters. The minimum absolute atomic E-state index is 0.155. The lowest BCUT2D eigenvalue weighted by molar-refractivity contribution is -0.283. The average Bonchev–Trinajstić information content (AvgIpc) is 3.08. The highest BCUT2D eigenvalue weighted by atomic mass is 16.7. The molecule has 224 valence electrons. The zero-order chi connectivity index (χ0) is 30.9. The molecule has 1 fully saturated rings. The van der Waals surface area contributed by atoms with E-state index in [1.165, 1.54) is 36.4 Å². The highest BCUT2D eigenvalue weighted by Gasteiger charge is 2.52. The quantitative estimate of drug-likeness (QED) is 0.221. The van der Waals surface area contributed by atoms with Crippen LogP contribution in [0.1, 0.15) is 41.4 Å².